The molecule has 2 rings (SSSR count). The van der Waals surface area contributed by atoms with E-state index in [1.165, 1.54) is 18.2 Å². The molecule has 1 saturated heterocycles. The summed E-state index contributed by atoms with van der Waals surface area (Å²) >= 11 is 0. The number of rotatable bonds is 4. The molecule has 1 aromatic carbocycles. The lowest BCUT2D eigenvalue weighted by Crippen LogP contribution is -2.47. The number of amides is 1. The minimum Gasteiger partial charge on any atom is -0.492 e. The first-order valence-electron chi connectivity index (χ1n) is 6.54. The maximum absolute atomic E-state index is 13.2. The second-order valence-electron chi connectivity index (χ2n) is 5.07. The molecule has 5 nitrogen and oxygen atoms in total. The Labute approximate surface area is 117 Å². The highest BCUT2D eigenvalue weighted by atomic mass is 19.1. The molecule has 0 saturated carbocycles. The van der Waals surface area contributed by atoms with E-state index in [4.69, 9.17) is 15.2 Å². The zero-order valence-corrected chi connectivity index (χ0v) is 11.6. The van der Waals surface area contributed by atoms with Gasteiger partial charge in [-0.05, 0) is 26.0 Å². The van der Waals surface area contributed by atoms with Gasteiger partial charge in [0.2, 0.25) is 5.91 Å². The molecule has 0 aliphatic carbocycles. The van der Waals surface area contributed by atoms with Gasteiger partial charge in [-0.3, -0.25) is 4.79 Å². The molecule has 6 heteroatoms. The largest absolute Gasteiger partial charge is 0.492 e. The maximum atomic E-state index is 13.2. The van der Waals surface area contributed by atoms with Gasteiger partial charge < -0.3 is 20.5 Å². The molecule has 0 aromatic heterocycles. The zero-order valence-electron chi connectivity index (χ0n) is 11.6. The highest BCUT2D eigenvalue weighted by Crippen LogP contribution is 2.31. The normalized spacial score (nSPS) is 25.5. The predicted molar refractivity (Wildman–Crippen MR) is 73.1 cm³/mol. The van der Waals surface area contributed by atoms with Crippen LogP contribution in [-0.4, -0.2) is 31.8 Å². The van der Waals surface area contributed by atoms with Crippen LogP contribution in [0.25, 0.3) is 0 Å². The topological polar surface area (TPSA) is 73.6 Å². The smallest absolute Gasteiger partial charge is 0.234 e. The van der Waals surface area contributed by atoms with Crippen molar-refractivity contribution in [2.45, 2.75) is 19.9 Å². The van der Waals surface area contributed by atoms with E-state index in [-0.39, 0.29) is 18.6 Å². The highest BCUT2D eigenvalue weighted by molar-refractivity contribution is 5.97. The van der Waals surface area contributed by atoms with Crippen molar-refractivity contribution in [2.75, 3.05) is 25.1 Å². The quantitative estimate of drug-likeness (QED) is 0.878. The van der Waals surface area contributed by atoms with E-state index < -0.39 is 11.2 Å². The van der Waals surface area contributed by atoms with Gasteiger partial charge >= 0.3 is 0 Å². The van der Waals surface area contributed by atoms with Crippen molar-refractivity contribution in [2.24, 2.45) is 11.1 Å². The molecule has 20 heavy (non-hydrogen) atoms. The number of hydrogen-bond donors (Lipinski definition) is 2. The first-order chi connectivity index (χ1) is 9.47. The first kappa shape index (κ1) is 14.7. The van der Waals surface area contributed by atoms with Gasteiger partial charge in [0.15, 0.2) is 0 Å². The zero-order chi connectivity index (χ0) is 14.8. The lowest BCUT2D eigenvalue weighted by Gasteiger charge is -2.25. The molecule has 1 aromatic rings. The number of nitrogens with two attached hydrogens (primary N) is 1. The average molecular weight is 282 g/mol. The molecule has 0 spiro atoms. The number of halogens is 1. The third-order valence-corrected chi connectivity index (χ3v) is 3.53. The van der Waals surface area contributed by atoms with Gasteiger partial charge in [-0.2, -0.15) is 0 Å². The molecule has 1 fully saturated rings. The Morgan fingerprint density at radius 1 is 1.65 bits per heavy atom. The van der Waals surface area contributed by atoms with E-state index in [2.05, 4.69) is 5.32 Å². The number of carbonyl (C=O) groups is 1. The maximum Gasteiger partial charge on any atom is 0.234 e. The monoisotopic (exact) mass is 282 g/mol. The van der Waals surface area contributed by atoms with Gasteiger partial charge in [-0.25, -0.2) is 4.39 Å². The molecule has 0 radical (unpaired) electrons. The summed E-state index contributed by atoms with van der Waals surface area (Å²) in [6.45, 7) is 4.55. The summed E-state index contributed by atoms with van der Waals surface area (Å²) in [5.74, 6) is -0.370. The van der Waals surface area contributed by atoms with Crippen molar-refractivity contribution < 1.29 is 18.7 Å². The SMILES string of the molecule is CCOc1cc(F)ccc1NC(=O)C1(C)COCC1N. The molecule has 1 aliphatic heterocycles. The van der Waals surface area contributed by atoms with Crippen molar-refractivity contribution in [3.8, 4) is 5.75 Å². The Hall–Kier alpha value is -1.66. The Kier molecular flexibility index (Phi) is 4.25. The van der Waals surface area contributed by atoms with Gasteiger partial charge in [-0.1, -0.05) is 0 Å². The minimum atomic E-state index is -0.794. The summed E-state index contributed by atoms with van der Waals surface area (Å²) in [7, 11) is 0. The molecule has 110 valence electrons. The number of anilines is 1. The van der Waals surface area contributed by atoms with E-state index in [1.807, 2.05) is 0 Å². The van der Waals surface area contributed by atoms with E-state index in [1.54, 1.807) is 13.8 Å². The van der Waals surface area contributed by atoms with Crippen LogP contribution in [0.5, 0.6) is 5.75 Å². The summed E-state index contributed by atoms with van der Waals surface area (Å²) in [6.07, 6.45) is 0. The lowest BCUT2D eigenvalue weighted by atomic mass is 9.85. The Bertz CT molecular complexity index is 509. The Morgan fingerprint density at radius 3 is 3.00 bits per heavy atom. The molecule has 0 bridgehead atoms. The van der Waals surface area contributed by atoms with Crippen molar-refractivity contribution in [1.29, 1.82) is 0 Å². The molecule has 3 N–H and O–H groups in total. The van der Waals surface area contributed by atoms with Crippen LogP contribution in [0.3, 0.4) is 0 Å². The third kappa shape index (κ3) is 2.76. The van der Waals surface area contributed by atoms with Crippen LogP contribution in [0.1, 0.15) is 13.8 Å². The highest BCUT2D eigenvalue weighted by Gasteiger charge is 2.44. The average Bonchev–Trinajstić information content (AvgIpc) is 2.74. The van der Waals surface area contributed by atoms with Gasteiger partial charge in [0, 0.05) is 12.1 Å². The number of benzene rings is 1. The van der Waals surface area contributed by atoms with Crippen LogP contribution >= 0.6 is 0 Å². The molecule has 2 unspecified atom stereocenters. The molecule has 1 heterocycles. The standard InChI is InChI=1S/C14H19FN2O3/c1-3-20-11-6-9(15)4-5-10(11)17-13(18)14(2)8-19-7-12(14)16/h4-6,12H,3,7-8,16H2,1-2H3,(H,17,18). The molecular weight excluding hydrogens is 263 g/mol. The van der Waals surface area contributed by atoms with Crippen molar-refractivity contribution in [3.05, 3.63) is 24.0 Å². The van der Waals surface area contributed by atoms with Crippen LogP contribution in [0.4, 0.5) is 10.1 Å². The fraction of sp³-hybridized carbons (Fsp3) is 0.500. The van der Waals surface area contributed by atoms with Crippen LogP contribution < -0.4 is 15.8 Å². The number of ether oxygens (including phenoxy) is 2. The van der Waals surface area contributed by atoms with E-state index in [0.717, 1.165) is 0 Å². The second-order valence-corrected chi connectivity index (χ2v) is 5.07. The van der Waals surface area contributed by atoms with Crippen molar-refractivity contribution in [3.63, 3.8) is 0 Å². The summed E-state index contributed by atoms with van der Waals surface area (Å²) in [6, 6.07) is 3.62. The summed E-state index contributed by atoms with van der Waals surface area (Å²) in [4.78, 5) is 12.4. The van der Waals surface area contributed by atoms with Gasteiger partial charge in [0.25, 0.3) is 0 Å². The first-order valence-corrected chi connectivity index (χ1v) is 6.54. The van der Waals surface area contributed by atoms with E-state index in [0.29, 0.717) is 24.7 Å². The van der Waals surface area contributed by atoms with E-state index in [9.17, 15) is 9.18 Å². The van der Waals surface area contributed by atoms with Crippen LogP contribution in [-0.2, 0) is 9.53 Å². The van der Waals surface area contributed by atoms with Gasteiger partial charge in [0.1, 0.15) is 11.6 Å². The Balaban J connectivity index is 2.19. The van der Waals surface area contributed by atoms with E-state index >= 15 is 0 Å². The number of hydrogen-bond acceptors (Lipinski definition) is 4. The van der Waals surface area contributed by atoms with Crippen molar-refractivity contribution in [1.82, 2.24) is 0 Å². The van der Waals surface area contributed by atoms with Crippen LogP contribution in [0.2, 0.25) is 0 Å². The number of carbonyl (C=O) groups excluding carboxylic acids is 1. The lowest BCUT2D eigenvalue weighted by molar-refractivity contribution is -0.125. The van der Waals surface area contributed by atoms with Crippen LogP contribution in [0, 0.1) is 11.2 Å². The second kappa shape index (κ2) is 5.76. The molecule has 1 amide bonds. The molecular formula is C14H19FN2O3. The fourth-order valence-corrected chi connectivity index (χ4v) is 2.06. The van der Waals surface area contributed by atoms with Crippen LogP contribution in [0.15, 0.2) is 18.2 Å². The summed E-state index contributed by atoms with van der Waals surface area (Å²) in [5, 5.41) is 2.74. The van der Waals surface area contributed by atoms with Gasteiger partial charge in [0.05, 0.1) is 30.9 Å². The Morgan fingerprint density at radius 2 is 2.40 bits per heavy atom. The van der Waals surface area contributed by atoms with Crippen molar-refractivity contribution >= 4 is 11.6 Å². The number of nitrogens with one attached hydrogen (secondary N) is 1. The molecule has 1 aliphatic rings. The summed E-state index contributed by atoms with van der Waals surface area (Å²) in [5.41, 5.74) is 5.55. The predicted octanol–water partition coefficient (Wildman–Crippen LogP) is 1.53. The summed E-state index contributed by atoms with van der Waals surface area (Å²) < 4.78 is 23.8. The van der Waals surface area contributed by atoms with Gasteiger partial charge in [-0.15, -0.1) is 0 Å². The third-order valence-electron chi connectivity index (χ3n) is 3.53. The minimum absolute atomic E-state index is 0.255. The fourth-order valence-electron chi connectivity index (χ4n) is 2.06. The molecule has 2 atom stereocenters.